The molecule has 2 aliphatic rings. The normalized spacial score (nSPS) is 34.3. The van der Waals surface area contributed by atoms with Gasteiger partial charge in [-0.05, 0) is 63.7 Å². The Morgan fingerprint density at radius 2 is 1.79 bits per heavy atom. The molecular formula is C15H29NO2S. The van der Waals surface area contributed by atoms with Gasteiger partial charge in [-0.25, -0.2) is 8.42 Å². The molecule has 2 atom stereocenters. The smallest absolute Gasteiger partial charge is 0.150 e. The van der Waals surface area contributed by atoms with E-state index in [4.69, 9.17) is 0 Å². The molecule has 0 aromatic heterocycles. The molecule has 0 saturated heterocycles. The second-order valence-corrected chi connectivity index (χ2v) is 10.2. The van der Waals surface area contributed by atoms with Crippen molar-refractivity contribution in [2.24, 2.45) is 17.3 Å². The van der Waals surface area contributed by atoms with E-state index < -0.39 is 9.84 Å². The summed E-state index contributed by atoms with van der Waals surface area (Å²) in [6.07, 6.45) is 4.71. The highest BCUT2D eigenvalue weighted by Crippen LogP contribution is 2.61. The van der Waals surface area contributed by atoms with Gasteiger partial charge in [0.05, 0.1) is 5.75 Å². The van der Waals surface area contributed by atoms with Crippen LogP contribution < -0.4 is 5.32 Å². The third-order valence-electron chi connectivity index (χ3n) is 4.84. The zero-order chi connectivity index (χ0) is 14.3. The van der Waals surface area contributed by atoms with Crippen molar-refractivity contribution in [2.75, 3.05) is 18.1 Å². The molecule has 4 heteroatoms. The quantitative estimate of drug-likeness (QED) is 0.817. The fraction of sp³-hybridized carbons (Fsp3) is 1.00. The minimum absolute atomic E-state index is 0.114. The first-order chi connectivity index (χ1) is 8.65. The summed E-state index contributed by atoms with van der Waals surface area (Å²) in [6.45, 7) is 9.27. The van der Waals surface area contributed by atoms with Gasteiger partial charge in [0.15, 0.2) is 0 Å². The van der Waals surface area contributed by atoms with Crippen molar-refractivity contribution < 1.29 is 8.42 Å². The van der Waals surface area contributed by atoms with E-state index >= 15 is 0 Å². The van der Waals surface area contributed by atoms with Gasteiger partial charge in [0.25, 0.3) is 0 Å². The van der Waals surface area contributed by atoms with Crippen molar-refractivity contribution in [1.29, 1.82) is 0 Å². The Hall–Kier alpha value is -0.0900. The molecular weight excluding hydrogens is 258 g/mol. The Kier molecular flexibility index (Phi) is 4.05. The van der Waals surface area contributed by atoms with Crippen molar-refractivity contribution in [3.05, 3.63) is 0 Å². The first-order valence-corrected chi connectivity index (χ1v) is 9.42. The van der Waals surface area contributed by atoms with Gasteiger partial charge < -0.3 is 5.32 Å². The van der Waals surface area contributed by atoms with Crippen LogP contribution in [0.2, 0.25) is 0 Å². The van der Waals surface area contributed by atoms with E-state index in [1.807, 2.05) is 0 Å². The molecule has 0 spiro atoms. The van der Waals surface area contributed by atoms with Gasteiger partial charge in [-0.15, -0.1) is 0 Å². The third-order valence-corrected chi connectivity index (χ3v) is 6.54. The van der Waals surface area contributed by atoms with Crippen LogP contribution in [0.3, 0.4) is 0 Å². The molecule has 0 aliphatic heterocycles. The summed E-state index contributed by atoms with van der Waals surface area (Å²) in [5.41, 5.74) is 0.354. The maximum absolute atomic E-state index is 11.8. The van der Waals surface area contributed by atoms with E-state index in [2.05, 4.69) is 26.1 Å². The van der Waals surface area contributed by atoms with Crippen LogP contribution in [0.1, 0.15) is 53.4 Å². The lowest BCUT2D eigenvalue weighted by molar-refractivity contribution is 0.216. The Labute approximate surface area is 118 Å². The van der Waals surface area contributed by atoms with E-state index in [0.717, 1.165) is 24.8 Å². The lowest BCUT2D eigenvalue weighted by Crippen LogP contribution is -2.44. The van der Waals surface area contributed by atoms with Crippen LogP contribution in [-0.2, 0) is 9.84 Å². The van der Waals surface area contributed by atoms with Crippen molar-refractivity contribution in [1.82, 2.24) is 5.32 Å². The predicted octanol–water partition coefficient (Wildman–Crippen LogP) is 2.62. The highest BCUT2D eigenvalue weighted by atomic mass is 32.2. The summed E-state index contributed by atoms with van der Waals surface area (Å²) in [5, 5.41) is 3.61. The molecule has 2 rings (SSSR count). The Bertz CT molecular complexity index is 412. The zero-order valence-corrected chi connectivity index (χ0v) is 13.6. The molecule has 2 aliphatic carbocycles. The first kappa shape index (κ1) is 15.3. The number of nitrogens with one attached hydrogen (secondary N) is 1. The molecule has 3 nitrogen and oxygen atoms in total. The summed E-state index contributed by atoms with van der Waals surface area (Å²) < 4.78 is 23.5. The number of fused-ring (bicyclic) bond motifs is 1. The van der Waals surface area contributed by atoms with Crippen LogP contribution >= 0.6 is 0 Å². The van der Waals surface area contributed by atoms with E-state index in [1.54, 1.807) is 6.92 Å². The predicted molar refractivity (Wildman–Crippen MR) is 80.0 cm³/mol. The summed E-state index contributed by atoms with van der Waals surface area (Å²) in [7, 11) is -2.83. The maximum Gasteiger partial charge on any atom is 0.150 e. The van der Waals surface area contributed by atoms with Crippen LogP contribution in [0.25, 0.3) is 0 Å². The minimum Gasteiger partial charge on any atom is -0.312 e. The van der Waals surface area contributed by atoms with Crippen molar-refractivity contribution in [3.63, 3.8) is 0 Å². The Balaban J connectivity index is 1.96. The molecule has 0 heterocycles. The molecule has 0 bridgehead atoms. The Morgan fingerprint density at radius 1 is 1.21 bits per heavy atom. The second-order valence-electron chi connectivity index (χ2n) is 7.75. The van der Waals surface area contributed by atoms with Gasteiger partial charge >= 0.3 is 0 Å². The number of hydrogen-bond acceptors (Lipinski definition) is 3. The average molecular weight is 287 g/mol. The van der Waals surface area contributed by atoms with Crippen molar-refractivity contribution in [2.45, 2.75) is 58.9 Å². The second kappa shape index (κ2) is 5.03. The van der Waals surface area contributed by atoms with Crippen LogP contribution in [0, 0.1) is 17.3 Å². The molecule has 0 aromatic carbocycles. The SMILES string of the molecule is CCS(=O)(=O)CCC1(CNC(C)(C)C)CC2CC2C1. The standard InChI is InChI=1S/C15H29NO2S/c1-5-19(17,18)7-6-15(11-16-14(2,3)4)9-12-8-13(12)10-15/h12-13,16H,5-11H2,1-4H3. The van der Waals surface area contributed by atoms with Gasteiger partial charge in [-0.1, -0.05) is 6.92 Å². The molecule has 1 N–H and O–H groups in total. The van der Waals surface area contributed by atoms with E-state index in [0.29, 0.717) is 5.75 Å². The zero-order valence-electron chi connectivity index (χ0n) is 12.8. The molecule has 2 unspecified atom stereocenters. The van der Waals surface area contributed by atoms with Crippen molar-refractivity contribution in [3.8, 4) is 0 Å². The lowest BCUT2D eigenvalue weighted by atomic mass is 9.79. The molecule has 2 saturated carbocycles. The van der Waals surface area contributed by atoms with Crippen LogP contribution in [-0.4, -0.2) is 32.0 Å². The molecule has 112 valence electrons. The van der Waals surface area contributed by atoms with E-state index in [-0.39, 0.29) is 16.7 Å². The molecule has 19 heavy (non-hydrogen) atoms. The fourth-order valence-electron chi connectivity index (χ4n) is 3.41. The van der Waals surface area contributed by atoms with Gasteiger partial charge in [0.1, 0.15) is 9.84 Å². The molecule has 0 aromatic rings. The van der Waals surface area contributed by atoms with E-state index in [9.17, 15) is 8.42 Å². The average Bonchev–Trinajstić information content (AvgIpc) is 2.92. The monoisotopic (exact) mass is 287 g/mol. The summed E-state index contributed by atoms with van der Waals surface area (Å²) in [6, 6.07) is 0. The highest BCUT2D eigenvalue weighted by molar-refractivity contribution is 7.91. The first-order valence-electron chi connectivity index (χ1n) is 7.60. The Morgan fingerprint density at radius 3 is 2.26 bits per heavy atom. The number of hydrogen-bond donors (Lipinski definition) is 1. The lowest BCUT2D eigenvalue weighted by Gasteiger charge is -2.35. The minimum atomic E-state index is -2.83. The number of sulfone groups is 1. The van der Waals surface area contributed by atoms with Crippen LogP contribution in [0.15, 0.2) is 0 Å². The largest absolute Gasteiger partial charge is 0.312 e. The third kappa shape index (κ3) is 4.19. The van der Waals surface area contributed by atoms with Gasteiger partial charge in [-0.3, -0.25) is 0 Å². The van der Waals surface area contributed by atoms with Crippen molar-refractivity contribution >= 4 is 9.84 Å². The summed E-state index contributed by atoms with van der Waals surface area (Å²) >= 11 is 0. The fourth-order valence-corrected chi connectivity index (χ4v) is 4.44. The molecule has 0 amide bonds. The topological polar surface area (TPSA) is 46.2 Å². The maximum atomic E-state index is 11.8. The molecule has 0 radical (unpaired) electrons. The molecule has 2 fully saturated rings. The van der Waals surface area contributed by atoms with Gasteiger partial charge in [0.2, 0.25) is 0 Å². The van der Waals surface area contributed by atoms with Gasteiger partial charge in [-0.2, -0.15) is 0 Å². The van der Waals surface area contributed by atoms with Gasteiger partial charge in [0, 0.05) is 17.8 Å². The van der Waals surface area contributed by atoms with E-state index in [1.165, 1.54) is 19.3 Å². The van der Waals surface area contributed by atoms with Crippen LogP contribution in [0.4, 0.5) is 0 Å². The highest BCUT2D eigenvalue weighted by Gasteiger charge is 2.53. The summed E-state index contributed by atoms with van der Waals surface area (Å²) in [5.74, 6) is 2.44. The summed E-state index contributed by atoms with van der Waals surface area (Å²) in [4.78, 5) is 0. The van der Waals surface area contributed by atoms with Crippen LogP contribution in [0.5, 0.6) is 0 Å². The number of rotatable bonds is 6.